The minimum absolute atomic E-state index is 0.0598. The number of aromatic nitrogens is 3. The maximum atomic E-state index is 13.5. The minimum atomic E-state index is -0.654. The standard InChI is InChI=1S/C46H49ClN8O8S/c1-27-28(2)64-46-41(27)42(30-7-9-31(47)10-8-30)50-37(43-53-52-29(3)55(43)46)25-40(57)49-32-11-13-33(14-12-32)63-24-23-62-22-21-61-20-19-60-18-17-48-36-6-4-5-34-35(36)26-54(45(34)59)38-15-16-39(56)51-44(38)58/h4-14,37-38,48H,15-26H2,1-3H3,(H,49,57)(H,51,56,58). The summed E-state index contributed by atoms with van der Waals surface area (Å²) in [6.07, 6.45) is 0.596. The Kier molecular flexibility index (Phi) is 14.1. The number of amides is 4. The SMILES string of the molecule is Cc1sc2c(c1C)C(c1ccc(Cl)cc1)=NC(CC(=O)Nc1ccc(OCCOCCOCCOCCNc3cccc4c3CN(C3CCC(=O)NC3=O)C4=O)cc1)c1nnc(C)n1-2. The largest absolute Gasteiger partial charge is 0.491 e. The number of hydrogen-bond acceptors (Lipinski definition) is 13. The number of thiophene rings is 1. The predicted octanol–water partition coefficient (Wildman–Crippen LogP) is 6.13. The number of nitrogens with one attached hydrogen (secondary N) is 3. The van der Waals surface area contributed by atoms with Crippen molar-refractivity contribution in [3.05, 3.63) is 116 Å². The summed E-state index contributed by atoms with van der Waals surface area (Å²) < 4.78 is 24.8. The Bertz CT molecular complexity index is 2560. The highest BCUT2D eigenvalue weighted by atomic mass is 35.5. The zero-order chi connectivity index (χ0) is 44.7. The maximum Gasteiger partial charge on any atom is 0.255 e. The summed E-state index contributed by atoms with van der Waals surface area (Å²) in [7, 11) is 0. The molecule has 0 radical (unpaired) electrons. The third kappa shape index (κ3) is 10.0. The number of halogens is 1. The normalized spacial score (nSPS) is 16.7. The van der Waals surface area contributed by atoms with Gasteiger partial charge in [-0.3, -0.25) is 34.1 Å². The molecule has 0 spiro atoms. The van der Waals surface area contributed by atoms with E-state index in [-0.39, 0.29) is 30.6 Å². The predicted molar refractivity (Wildman–Crippen MR) is 242 cm³/mol. The first-order chi connectivity index (χ1) is 31.0. The second-order valence-corrected chi connectivity index (χ2v) is 17.2. The summed E-state index contributed by atoms with van der Waals surface area (Å²) in [5, 5.41) is 19.2. The maximum absolute atomic E-state index is 13.5. The van der Waals surface area contributed by atoms with Gasteiger partial charge in [-0.1, -0.05) is 29.8 Å². The number of fused-ring (bicyclic) bond motifs is 4. The number of rotatable bonds is 19. The Labute approximate surface area is 379 Å². The minimum Gasteiger partial charge on any atom is -0.491 e. The van der Waals surface area contributed by atoms with Crippen molar-refractivity contribution in [2.75, 3.05) is 63.4 Å². The monoisotopic (exact) mass is 908 g/mol. The topological polar surface area (TPSA) is 188 Å². The van der Waals surface area contributed by atoms with Gasteiger partial charge in [-0.25, -0.2) is 0 Å². The van der Waals surface area contributed by atoms with Gasteiger partial charge in [0.2, 0.25) is 17.7 Å². The third-order valence-electron chi connectivity index (χ3n) is 11.3. The molecule has 8 rings (SSSR count). The first-order valence-electron chi connectivity index (χ1n) is 21.2. The summed E-state index contributed by atoms with van der Waals surface area (Å²) in [6.45, 7) is 9.70. The van der Waals surface area contributed by atoms with E-state index in [2.05, 4.69) is 40.0 Å². The molecule has 16 nitrogen and oxygen atoms in total. The third-order valence-corrected chi connectivity index (χ3v) is 12.7. The van der Waals surface area contributed by atoms with Crippen LogP contribution in [0.3, 0.4) is 0 Å². The lowest BCUT2D eigenvalue weighted by Gasteiger charge is -2.29. The first-order valence-corrected chi connectivity index (χ1v) is 22.4. The van der Waals surface area contributed by atoms with Crippen LogP contribution in [0.25, 0.3) is 5.00 Å². The van der Waals surface area contributed by atoms with Crippen LogP contribution >= 0.6 is 22.9 Å². The van der Waals surface area contributed by atoms with E-state index in [1.54, 1.807) is 41.7 Å². The van der Waals surface area contributed by atoms with Gasteiger partial charge >= 0.3 is 0 Å². The van der Waals surface area contributed by atoms with Gasteiger partial charge in [0.05, 0.1) is 51.8 Å². The summed E-state index contributed by atoms with van der Waals surface area (Å²) in [5.74, 6) is 0.828. The summed E-state index contributed by atoms with van der Waals surface area (Å²) in [6, 6.07) is 19.0. The smallest absolute Gasteiger partial charge is 0.255 e. The molecule has 64 heavy (non-hydrogen) atoms. The van der Waals surface area contributed by atoms with Crippen molar-refractivity contribution in [1.29, 1.82) is 0 Å². The molecule has 18 heteroatoms. The first kappa shape index (κ1) is 44.6. The molecule has 2 unspecified atom stereocenters. The van der Waals surface area contributed by atoms with E-state index in [9.17, 15) is 19.2 Å². The number of anilines is 2. The number of carbonyl (C=O) groups excluding carboxylic acids is 4. The van der Waals surface area contributed by atoms with Crippen molar-refractivity contribution < 1.29 is 38.1 Å². The van der Waals surface area contributed by atoms with E-state index in [0.29, 0.717) is 93.6 Å². The number of carbonyl (C=O) groups is 4. The average molecular weight is 909 g/mol. The molecule has 3 aliphatic heterocycles. The molecule has 5 heterocycles. The number of aliphatic imine (C=N–C) groups is 1. The molecule has 1 fully saturated rings. The van der Waals surface area contributed by atoms with E-state index in [1.165, 1.54) is 9.78 Å². The van der Waals surface area contributed by atoms with E-state index < -0.39 is 18.0 Å². The molecule has 2 aromatic heterocycles. The zero-order valence-electron chi connectivity index (χ0n) is 35.8. The molecular weight excluding hydrogens is 860 g/mol. The van der Waals surface area contributed by atoms with Crippen LogP contribution in [0.15, 0.2) is 71.7 Å². The highest BCUT2D eigenvalue weighted by molar-refractivity contribution is 7.15. The fraction of sp³-hybridized carbons (Fsp3) is 0.370. The molecule has 3 N–H and O–H groups in total. The Morgan fingerprint density at radius 3 is 2.34 bits per heavy atom. The Morgan fingerprint density at radius 2 is 1.61 bits per heavy atom. The molecule has 1 saturated heterocycles. The van der Waals surface area contributed by atoms with Crippen LogP contribution in [0.1, 0.15) is 74.4 Å². The van der Waals surface area contributed by atoms with Crippen LogP contribution in [-0.2, 0) is 35.1 Å². The fourth-order valence-corrected chi connectivity index (χ4v) is 9.26. The molecule has 4 amide bonds. The van der Waals surface area contributed by atoms with E-state index >= 15 is 0 Å². The number of piperidine rings is 1. The molecule has 334 valence electrons. The average Bonchev–Trinajstić information content (AvgIpc) is 3.90. The van der Waals surface area contributed by atoms with Crippen LogP contribution in [-0.4, -0.2) is 108 Å². The molecule has 0 saturated carbocycles. The number of ether oxygens (including phenoxy) is 4. The lowest BCUT2D eigenvalue weighted by atomic mass is 9.99. The number of hydrogen-bond donors (Lipinski definition) is 3. The Morgan fingerprint density at radius 1 is 0.891 bits per heavy atom. The van der Waals surface area contributed by atoms with Gasteiger partial charge < -0.3 is 34.5 Å². The zero-order valence-corrected chi connectivity index (χ0v) is 37.4. The van der Waals surface area contributed by atoms with E-state index in [0.717, 1.165) is 44.5 Å². The number of nitrogens with zero attached hydrogens (tertiary/aromatic N) is 5. The molecule has 0 aliphatic carbocycles. The van der Waals surface area contributed by atoms with E-state index in [4.69, 9.17) is 35.5 Å². The molecule has 3 aromatic carbocycles. The van der Waals surface area contributed by atoms with Gasteiger partial charge in [0.1, 0.15) is 35.3 Å². The summed E-state index contributed by atoms with van der Waals surface area (Å²) >= 11 is 7.90. The fourth-order valence-electron chi connectivity index (χ4n) is 7.92. The van der Waals surface area contributed by atoms with Gasteiger partial charge in [-0.2, -0.15) is 0 Å². The van der Waals surface area contributed by atoms with Crippen molar-refractivity contribution in [3.8, 4) is 10.8 Å². The van der Waals surface area contributed by atoms with Crippen LogP contribution < -0.4 is 20.7 Å². The summed E-state index contributed by atoms with van der Waals surface area (Å²) in [4.78, 5) is 58.4. The van der Waals surface area contributed by atoms with Gasteiger partial charge in [0, 0.05) is 63.0 Å². The Balaban J connectivity index is 0.712. The van der Waals surface area contributed by atoms with Crippen molar-refractivity contribution in [1.82, 2.24) is 25.0 Å². The van der Waals surface area contributed by atoms with Crippen LogP contribution in [0.4, 0.5) is 11.4 Å². The lowest BCUT2D eigenvalue weighted by Crippen LogP contribution is -2.52. The molecule has 5 aromatic rings. The van der Waals surface area contributed by atoms with Gasteiger partial charge in [-0.15, -0.1) is 21.5 Å². The van der Waals surface area contributed by atoms with Crippen molar-refractivity contribution in [2.24, 2.45) is 4.99 Å². The van der Waals surface area contributed by atoms with Crippen LogP contribution in [0, 0.1) is 20.8 Å². The Hall–Kier alpha value is -5.98. The van der Waals surface area contributed by atoms with Gasteiger partial charge in [-0.05, 0) is 81.3 Å². The second kappa shape index (κ2) is 20.2. The number of imide groups is 1. The van der Waals surface area contributed by atoms with Gasteiger partial charge in [0.15, 0.2) is 5.82 Å². The quantitative estimate of drug-likeness (QED) is 0.0639. The molecule has 0 bridgehead atoms. The molecular formula is C46H49ClN8O8S. The number of benzene rings is 3. The van der Waals surface area contributed by atoms with Crippen molar-refractivity contribution >= 4 is 63.7 Å². The number of aryl methyl sites for hydroxylation is 2. The lowest BCUT2D eigenvalue weighted by molar-refractivity contribution is -0.137. The van der Waals surface area contributed by atoms with Crippen LogP contribution in [0.5, 0.6) is 5.75 Å². The van der Waals surface area contributed by atoms with Crippen molar-refractivity contribution in [2.45, 2.75) is 58.7 Å². The van der Waals surface area contributed by atoms with Crippen LogP contribution in [0.2, 0.25) is 5.02 Å². The molecule has 3 aliphatic rings. The van der Waals surface area contributed by atoms with Gasteiger partial charge in [0.25, 0.3) is 5.91 Å². The molecule has 2 atom stereocenters. The highest BCUT2D eigenvalue weighted by Gasteiger charge is 2.40. The highest BCUT2D eigenvalue weighted by Crippen LogP contribution is 2.40. The van der Waals surface area contributed by atoms with E-state index in [1.807, 2.05) is 47.9 Å². The summed E-state index contributed by atoms with van der Waals surface area (Å²) in [5.41, 5.74) is 6.66. The van der Waals surface area contributed by atoms with Crippen molar-refractivity contribution in [3.63, 3.8) is 0 Å². The second-order valence-electron chi connectivity index (χ2n) is 15.5.